The molecule has 1 fully saturated rings. The molecule has 0 saturated heterocycles. The molecule has 2 amide bonds. The van der Waals surface area contributed by atoms with Crippen LogP contribution in [0.1, 0.15) is 25.7 Å². The third-order valence-electron chi connectivity index (χ3n) is 4.40. The van der Waals surface area contributed by atoms with Gasteiger partial charge in [-0.2, -0.15) is 13.2 Å². The van der Waals surface area contributed by atoms with Gasteiger partial charge in [0, 0.05) is 11.6 Å². The number of rotatable bonds is 2. The van der Waals surface area contributed by atoms with E-state index < -0.39 is 23.9 Å². The molecule has 0 bridgehead atoms. The zero-order valence-electron chi connectivity index (χ0n) is 12.8. The van der Waals surface area contributed by atoms with Gasteiger partial charge in [-0.1, -0.05) is 12.8 Å². The number of anilines is 2. The summed E-state index contributed by atoms with van der Waals surface area (Å²) in [5.41, 5.74) is 0.719. The van der Waals surface area contributed by atoms with Crippen LogP contribution < -0.4 is 15.4 Å². The summed E-state index contributed by atoms with van der Waals surface area (Å²) in [4.78, 5) is 23.6. The number of ether oxygens (including phenoxy) is 1. The summed E-state index contributed by atoms with van der Waals surface area (Å²) in [7, 11) is 0. The van der Waals surface area contributed by atoms with Gasteiger partial charge in [-0.15, -0.1) is 0 Å². The van der Waals surface area contributed by atoms with E-state index in [0.29, 0.717) is 30.0 Å². The van der Waals surface area contributed by atoms with Crippen molar-refractivity contribution in [1.29, 1.82) is 0 Å². The Bertz CT molecular complexity index is 660. The lowest BCUT2D eigenvalue weighted by Gasteiger charge is -2.32. The molecule has 3 rings (SSSR count). The fourth-order valence-electron chi connectivity index (χ4n) is 3.23. The molecule has 8 heteroatoms. The first kappa shape index (κ1) is 16.6. The third-order valence-corrected chi connectivity index (χ3v) is 4.40. The Morgan fingerprint density at radius 3 is 2.75 bits per heavy atom. The van der Waals surface area contributed by atoms with Crippen molar-refractivity contribution in [2.45, 2.75) is 31.9 Å². The number of alkyl halides is 3. The summed E-state index contributed by atoms with van der Waals surface area (Å²) in [6.07, 6.45) is -3.08. The zero-order chi connectivity index (χ0) is 17.3. The molecule has 2 atom stereocenters. The predicted octanol–water partition coefficient (Wildman–Crippen LogP) is 3.32. The van der Waals surface area contributed by atoms with Crippen LogP contribution >= 0.6 is 0 Å². The Kier molecular flexibility index (Phi) is 4.38. The standard InChI is InChI=1S/C16H17F3N2O3/c17-16(18,19)11-4-2-1-3-10(11)15(23)20-9-5-6-13-12(7-9)21-14(22)8-24-13/h5-7,10-11H,1-4,8H2,(H,20,23)(H,21,22). The van der Waals surface area contributed by atoms with Gasteiger partial charge in [0.25, 0.3) is 5.91 Å². The van der Waals surface area contributed by atoms with Gasteiger partial charge in [-0.05, 0) is 31.0 Å². The number of amides is 2. The molecule has 2 aliphatic rings. The molecule has 24 heavy (non-hydrogen) atoms. The molecule has 2 unspecified atom stereocenters. The Balaban J connectivity index is 1.74. The number of hydrogen-bond donors (Lipinski definition) is 2. The second kappa shape index (κ2) is 6.33. The van der Waals surface area contributed by atoms with Gasteiger partial charge >= 0.3 is 6.18 Å². The first-order chi connectivity index (χ1) is 11.3. The fraction of sp³-hybridized carbons (Fsp3) is 0.500. The van der Waals surface area contributed by atoms with E-state index in [9.17, 15) is 22.8 Å². The van der Waals surface area contributed by atoms with Gasteiger partial charge in [0.05, 0.1) is 11.6 Å². The van der Waals surface area contributed by atoms with Crippen LogP contribution in [0.15, 0.2) is 18.2 Å². The van der Waals surface area contributed by atoms with Crippen molar-refractivity contribution in [3.8, 4) is 5.75 Å². The van der Waals surface area contributed by atoms with Gasteiger partial charge in [0.2, 0.25) is 5.91 Å². The summed E-state index contributed by atoms with van der Waals surface area (Å²) >= 11 is 0. The van der Waals surface area contributed by atoms with E-state index in [0.717, 1.165) is 0 Å². The Morgan fingerprint density at radius 1 is 1.25 bits per heavy atom. The molecule has 0 spiro atoms. The summed E-state index contributed by atoms with van der Waals surface area (Å²) in [6, 6.07) is 4.59. The van der Waals surface area contributed by atoms with E-state index in [1.54, 1.807) is 12.1 Å². The maximum absolute atomic E-state index is 13.1. The molecule has 1 aliphatic heterocycles. The number of fused-ring (bicyclic) bond motifs is 1. The first-order valence-electron chi connectivity index (χ1n) is 7.79. The van der Waals surface area contributed by atoms with Crippen molar-refractivity contribution < 1.29 is 27.5 Å². The van der Waals surface area contributed by atoms with Gasteiger partial charge in [-0.25, -0.2) is 0 Å². The smallest absolute Gasteiger partial charge is 0.392 e. The molecule has 1 saturated carbocycles. The predicted molar refractivity (Wildman–Crippen MR) is 80.7 cm³/mol. The monoisotopic (exact) mass is 342 g/mol. The lowest BCUT2D eigenvalue weighted by Crippen LogP contribution is -2.39. The summed E-state index contributed by atoms with van der Waals surface area (Å²) in [5.74, 6) is -3.19. The molecule has 5 nitrogen and oxygen atoms in total. The first-order valence-corrected chi connectivity index (χ1v) is 7.79. The van der Waals surface area contributed by atoms with E-state index in [2.05, 4.69) is 10.6 Å². The highest BCUT2D eigenvalue weighted by atomic mass is 19.4. The van der Waals surface area contributed by atoms with Crippen LogP contribution in [0.3, 0.4) is 0 Å². The van der Waals surface area contributed by atoms with Gasteiger partial charge in [0.15, 0.2) is 6.61 Å². The van der Waals surface area contributed by atoms with Gasteiger partial charge < -0.3 is 15.4 Å². The van der Waals surface area contributed by atoms with Crippen LogP contribution in [0.4, 0.5) is 24.5 Å². The number of benzene rings is 1. The Hall–Kier alpha value is -2.25. The van der Waals surface area contributed by atoms with Crippen molar-refractivity contribution in [3.63, 3.8) is 0 Å². The van der Waals surface area contributed by atoms with Crippen molar-refractivity contribution in [2.75, 3.05) is 17.2 Å². The van der Waals surface area contributed by atoms with E-state index in [1.807, 2.05) is 0 Å². The molecular weight excluding hydrogens is 325 g/mol. The minimum atomic E-state index is -4.37. The van der Waals surface area contributed by atoms with Crippen molar-refractivity contribution >= 4 is 23.2 Å². The van der Waals surface area contributed by atoms with Crippen molar-refractivity contribution in [1.82, 2.24) is 0 Å². The average molecular weight is 342 g/mol. The molecule has 130 valence electrons. The van der Waals surface area contributed by atoms with Gasteiger partial charge in [-0.3, -0.25) is 9.59 Å². The van der Waals surface area contributed by atoms with E-state index in [-0.39, 0.29) is 25.4 Å². The highest BCUT2D eigenvalue weighted by Gasteiger charge is 2.48. The van der Waals surface area contributed by atoms with Crippen LogP contribution in [-0.2, 0) is 9.59 Å². The largest absolute Gasteiger partial charge is 0.482 e. The van der Waals surface area contributed by atoms with Gasteiger partial charge in [0.1, 0.15) is 5.75 Å². The summed E-state index contributed by atoms with van der Waals surface area (Å²) in [6.45, 7) is -0.0892. The minimum Gasteiger partial charge on any atom is -0.482 e. The quantitative estimate of drug-likeness (QED) is 0.866. The minimum absolute atomic E-state index is 0.0182. The fourth-order valence-corrected chi connectivity index (χ4v) is 3.23. The van der Waals surface area contributed by atoms with Crippen molar-refractivity contribution in [3.05, 3.63) is 18.2 Å². The molecular formula is C16H17F3N2O3. The molecule has 2 N–H and O–H groups in total. The van der Waals surface area contributed by atoms with E-state index in [4.69, 9.17) is 4.74 Å². The molecule has 0 aromatic heterocycles. The van der Waals surface area contributed by atoms with Crippen molar-refractivity contribution in [2.24, 2.45) is 11.8 Å². The normalized spacial score (nSPS) is 23.7. The summed E-state index contributed by atoms with van der Waals surface area (Å²) < 4.78 is 44.5. The van der Waals surface area contributed by atoms with E-state index >= 15 is 0 Å². The average Bonchev–Trinajstić information content (AvgIpc) is 2.53. The number of carbonyl (C=O) groups is 2. The molecule has 1 aromatic rings. The number of halogens is 3. The third kappa shape index (κ3) is 3.47. The molecule has 0 radical (unpaired) electrons. The lowest BCUT2D eigenvalue weighted by molar-refractivity contribution is -0.197. The van der Waals surface area contributed by atoms with Crippen LogP contribution in [0.5, 0.6) is 5.75 Å². The maximum Gasteiger partial charge on any atom is 0.392 e. The maximum atomic E-state index is 13.1. The molecule has 1 aliphatic carbocycles. The number of hydrogen-bond acceptors (Lipinski definition) is 3. The number of carbonyl (C=O) groups excluding carboxylic acids is 2. The zero-order valence-corrected chi connectivity index (χ0v) is 12.8. The lowest BCUT2D eigenvalue weighted by atomic mass is 9.78. The number of nitrogens with one attached hydrogen (secondary N) is 2. The Labute approximate surface area is 136 Å². The molecule has 1 heterocycles. The second-order valence-corrected chi connectivity index (χ2v) is 6.08. The highest BCUT2D eigenvalue weighted by Crippen LogP contribution is 2.42. The Morgan fingerprint density at radius 2 is 2.00 bits per heavy atom. The van der Waals surface area contributed by atoms with E-state index in [1.165, 1.54) is 6.07 Å². The highest BCUT2D eigenvalue weighted by molar-refractivity contribution is 5.98. The van der Waals surface area contributed by atoms with Crippen LogP contribution in [-0.4, -0.2) is 24.6 Å². The van der Waals surface area contributed by atoms with Crippen LogP contribution in [0, 0.1) is 11.8 Å². The van der Waals surface area contributed by atoms with Crippen LogP contribution in [0.25, 0.3) is 0 Å². The SMILES string of the molecule is O=C1COc2ccc(NC(=O)C3CCCCC3C(F)(F)F)cc2N1. The van der Waals surface area contributed by atoms with Crippen LogP contribution in [0.2, 0.25) is 0 Å². The summed E-state index contributed by atoms with van der Waals surface area (Å²) in [5, 5.41) is 5.12. The topological polar surface area (TPSA) is 67.4 Å². The molecule has 1 aromatic carbocycles. The second-order valence-electron chi connectivity index (χ2n) is 6.08.